The minimum absolute atomic E-state index is 0.194. The second kappa shape index (κ2) is 8.04. The number of nitrogens with zero attached hydrogens (tertiary/aromatic N) is 4. The molecule has 2 heterocycles. The molecule has 2 aromatic carbocycles. The average molecular weight is 396 g/mol. The summed E-state index contributed by atoms with van der Waals surface area (Å²) in [6.45, 7) is 4.17. The molecule has 0 bridgehead atoms. The number of likely N-dealkylation sites (N-methyl/N-ethyl adjacent to an activating group) is 1. The molecule has 0 saturated carbocycles. The smallest absolute Gasteiger partial charge is 0.258 e. The van der Waals surface area contributed by atoms with Crippen molar-refractivity contribution in [2.75, 3.05) is 43.4 Å². The Balaban J connectivity index is 1.41. The molecule has 7 heteroatoms. The largest absolute Gasteiger partial charge is 0.369 e. The van der Waals surface area contributed by atoms with Gasteiger partial charge < -0.3 is 15.1 Å². The number of hydrogen-bond donors (Lipinski definition) is 1. The minimum Gasteiger partial charge on any atom is -0.369 e. The normalized spacial score (nSPS) is 14.9. The first-order valence-electron chi connectivity index (χ1n) is 9.24. The van der Waals surface area contributed by atoms with Gasteiger partial charge >= 0.3 is 0 Å². The number of piperazine rings is 1. The van der Waals surface area contributed by atoms with E-state index in [4.69, 9.17) is 11.6 Å². The van der Waals surface area contributed by atoms with Crippen molar-refractivity contribution in [3.05, 3.63) is 71.5 Å². The fourth-order valence-electron chi connectivity index (χ4n) is 3.22. The molecule has 0 unspecified atom stereocenters. The summed E-state index contributed by atoms with van der Waals surface area (Å²) in [6, 6.07) is 15.3. The van der Waals surface area contributed by atoms with Gasteiger partial charge in [-0.15, -0.1) is 0 Å². The van der Waals surface area contributed by atoms with Crippen LogP contribution in [0.2, 0.25) is 5.02 Å². The van der Waals surface area contributed by atoms with Crippen LogP contribution in [0.25, 0.3) is 5.69 Å². The van der Waals surface area contributed by atoms with Gasteiger partial charge in [-0.05, 0) is 49.5 Å². The fraction of sp³-hybridized carbons (Fsp3) is 0.238. The van der Waals surface area contributed by atoms with E-state index in [2.05, 4.69) is 39.4 Å². The molecule has 0 aliphatic carbocycles. The third-order valence-electron chi connectivity index (χ3n) is 4.91. The molecule has 1 aliphatic rings. The lowest BCUT2D eigenvalue weighted by molar-refractivity contribution is 0.102. The standard InChI is InChI=1S/C21H22ClN5O/c1-25-9-11-26(12-10-25)19-7-5-18(6-8-19)24-21(28)16-14-23-27(15-16)20-4-2-3-17(22)13-20/h2-8,13-15H,9-12H2,1H3,(H,24,28). The molecule has 0 radical (unpaired) electrons. The summed E-state index contributed by atoms with van der Waals surface area (Å²) < 4.78 is 1.64. The molecule has 4 rings (SSSR count). The van der Waals surface area contributed by atoms with Gasteiger partial charge in [-0.3, -0.25) is 4.79 Å². The van der Waals surface area contributed by atoms with Crippen molar-refractivity contribution in [3.8, 4) is 5.69 Å². The Kier molecular flexibility index (Phi) is 5.32. The van der Waals surface area contributed by atoms with E-state index in [1.807, 2.05) is 24.3 Å². The molecule has 0 spiro atoms. The zero-order valence-corrected chi connectivity index (χ0v) is 16.4. The quantitative estimate of drug-likeness (QED) is 0.734. The van der Waals surface area contributed by atoms with E-state index >= 15 is 0 Å². The summed E-state index contributed by atoms with van der Waals surface area (Å²) in [6.07, 6.45) is 3.24. The Hall–Kier alpha value is -2.83. The SMILES string of the molecule is CN1CCN(c2ccc(NC(=O)c3cnn(-c4cccc(Cl)c4)c3)cc2)CC1. The van der Waals surface area contributed by atoms with Crippen molar-refractivity contribution in [1.82, 2.24) is 14.7 Å². The van der Waals surface area contributed by atoms with Gasteiger partial charge in [0.1, 0.15) is 0 Å². The highest BCUT2D eigenvalue weighted by molar-refractivity contribution is 6.30. The Morgan fingerprint density at radius 1 is 1.04 bits per heavy atom. The maximum absolute atomic E-state index is 12.5. The number of carbonyl (C=O) groups is 1. The Labute approximate surface area is 169 Å². The molecule has 144 valence electrons. The lowest BCUT2D eigenvalue weighted by atomic mass is 10.2. The Morgan fingerprint density at radius 2 is 1.79 bits per heavy atom. The molecule has 3 aromatic rings. The average Bonchev–Trinajstić information content (AvgIpc) is 3.20. The van der Waals surface area contributed by atoms with E-state index in [1.165, 1.54) is 5.69 Å². The van der Waals surface area contributed by atoms with Crippen LogP contribution < -0.4 is 10.2 Å². The molecule has 1 saturated heterocycles. The summed E-state index contributed by atoms with van der Waals surface area (Å²) in [5.74, 6) is -0.194. The molecule has 1 N–H and O–H groups in total. The minimum atomic E-state index is -0.194. The zero-order chi connectivity index (χ0) is 19.5. The van der Waals surface area contributed by atoms with Crippen LogP contribution in [0.15, 0.2) is 60.9 Å². The zero-order valence-electron chi connectivity index (χ0n) is 15.7. The van der Waals surface area contributed by atoms with Crippen LogP contribution in [0.4, 0.5) is 11.4 Å². The van der Waals surface area contributed by atoms with Crippen molar-refractivity contribution < 1.29 is 4.79 Å². The number of hydrogen-bond acceptors (Lipinski definition) is 4. The maximum atomic E-state index is 12.5. The highest BCUT2D eigenvalue weighted by atomic mass is 35.5. The van der Waals surface area contributed by atoms with E-state index < -0.39 is 0 Å². The van der Waals surface area contributed by atoms with Crippen LogP contribution >= 0.6 is 11.6 Å². The number of nitrogens with one attached hydrogen (secondary N) is 1. The highest BCUT2D eigenvalue weighted by Gasteiger charge is 2.15. The predicted molar refractivity (Wildman–Crippen MR) is 113 cm³/mol. The van der Waals surface area contributed by atoms with Crippen LogP contribution in [0.3, 0.4) is 0 Å². The summed E-state index contributed by atoms with van der Waals surface area (Å²) in [7, 11) is 2.14. The van der Waals surface area contributed by atoms with Crippen LogP contribution in [-0.2, 0) is 0 Å². The first-order valence-corrected chi connectivity index (χ1v) is 9.62. The van der Waals surface area contributed by atoms with Crippen molar-refractivity contribution >= 4 is 28.9 Å². The monoisotopic (exact) mass is 395 g/mol. The first-order chi connectivity index (χ1) is 13.6. The van der Waals surface area contributed by atoms with E-state index in [1.54, 1.807) is 29.2 Å². The number of benzene rings is 2. The van der Waals surface area contributed by atoms with Gasteiger partial charge in [0, 0.05) is 48.8 Å². The third kappa shape index (κ3) is 4.18. The van der Waals surface area contributed by atoms with Gasteiger partial charge in [0.2, 0.25) is 0 Å². The number of amides is 1. The van der Waals surface area contributed by atoms with Crippen LogP contribution in [0.5, 0.6) is 0 Å². The van der Waals surface area contributed by atoms with Crippen LogP contribution in [-0.4, -0.2) is 53.8 Å². The van der Waals surface area contributed by atoms with Crippen molar-refractivity contribution in [1.29, 1.82) is 0 Å². The van der Waals surface area contributed by atoms with E-state index in [0.717, 1.165) is 37.6 Å². The van der Waals surface area contributed by atoms with Crippen molar-refractivity contribution in [2.24, 2.45) is 0 Å². The number of rotatable bonds is 4. The van der Waals surface area contributed by atoms with Gasteiger partial charge in [-0.1, -0.05) is 17.7 Å². The molecule has 1 aliphatic heterocycles. The Morgan fingerprint density at radius 3 is 2.50 bits per heavy atom. The molecule has 28 heavy (non-hydrogen) atoms. The van der Waals surface area contributed by atoms with E-state index in [9.17, 15) is 4.79 Å². The van der Waals surface area contributed by atoms with Gasteiger partial charge in [-0.25, -0.2) is 4.68 Å². The van der Waals surface area contributed by atoms with Crippen molar-refractivity contribution in [2.45, 2.75) is 0 Å². The van der Waals surface area contributed by atoms with Crippen molar-refractivity contribution in [3.63, 3.8) is 0 Å². The number of carbonyl (C=O) groups excluding carboxylic acids is 1. The third-order valence-corrected chi connectivity index (χ3v) is 5.15. The number of halogens is 1. The van der Waals surface area contributed by atoms with E-state index in [0.29, 0.717) is 10.6 Å². The summed E-state index contributed by atoms with van der Waals surface area (Å²) in [5, 5.41) is 7.81. The maximum Gasteiger partial charge on any atom is 0.258 e. The Bertz CT molecular complexity index is 961. The fourth-order valence-corrected chi connectivity index (χ4v) is 3.41. The second-order valence-electron chi connectivity index (χ2n) is 6.94. The molecule has 1 amide bonds. The second-order valence-corrected chi connectivity index (χ2v) is 7.38. The number of aromatic nitrogens is 2. The molecule has 1 aromatic heterocycles. The van der Waals surface area contributed by atoms with Gasteiger partial charge in [0.25, 0.3) is 5.91 Å². The summed E-state index contributed by atoms with van der Waals surface area (Å²) >= 11 is 6.02. The van der Waals surface area contributed by atoms with Crippen LogP contribution in [0, 0.1) is 0 Å². The topological polar surface area (TPSA) is 53.4 Å². The van der Waals surface area contributed by atoms with Gasteiger partial charge in [0.15, 0.2) is 0 Å². The molecule has 6 nitrogen and oxygen atoms in total. The lowest BCUT2D eigenvalue weighted by Crippen LogP contribution is -2.44. The van der Waals surface area contributed by atoms with Crippen LogP contribution in [0.1, 0.15) is 10.4 Å². The van der Waals surface area contributed by atoms with Gasteiger partial charge in [-0.2, -0.15) is 5.10 Å². The molecule has 1 fully saturated rings. The molecular formula is C21H22ClN5O. The van der Waals surface area contributed by atoms with E-state index in [-0.39, 0.29) is 5.91 Å². The molecular weight excluding hydrogens is 374 g/mol. The molecule has 0 atom stereocenters. The summed E-state index contributed by atoms with van der Waals surface area (Å²) in [5.41, 5.74) is 3.24. The lowest BCUT2D eigenvalue weighted by Gasteiger charge is -2.34. The number of anilines is 2. The highest BCUT2D eigenvalue weighted by Crippen LogP contribution is 2.20. The summed E-state index contributed by atoms with van der Waals surface area (Å²) in [4.78, 5) is 17.2. The first kappa shape index (κ1) is 18.5. The van der Waals surface area contributed by atoms with Gasteiger partial charge in [0.05, 0.1) is 17.4 Å². The predicted octanol–water partition coefficient (Wildman–Crippen LogP) is 3.53.